The zero-order valence-corrected chi connectivity index (χ0v) is 17.4. The number of hydrogen-bond donors (Lipinski definition) is 0. The lowest BCUT2D eigenvalue weighted by Crippen LogP contribution is -2.41. The Hall–Kier alpha value is -1.59. The van der Waals surface area contributed by atoms with E-state index in [1.165, 1.54) is 20.2 Å². The highest BCUT2D eigenvalue weighted by Gasteiger charge is 2.52. The van der Waals surface area contributed by atoms with E-state index in [1.54, 1.807) is 11.3 Å². The molecule has 1 fully saturated rings. The van der Waals surface area contributed by atoms with Crippen molar-refractivity contribution in [1.82, 2.24) is 0 Å². The molecule has 0 aliphatic carbocycles. The normalized spacial score (nSPS) is 18.8. The number of benzene rings is 3. The van der Waals surface area contributed by atoms with Crippen LogP contribution in [0.4, 0.5) is 0 Å². The highest BCUT2D eigenvalue weighted by molar-refractivity contribution is 7.27. The van der Waals surface area contributed by atoms with E-state index in [4.69, 9.17) is 20.9 Å². The Morgan fingerprint density at radius 1 is 0.815 bits per heavy atom. The van der Waals surface area contributed by atoms with Crippen LogP contribution in [0, 0.1) is 0 Å². The summed E-state index contributed by atoms with van der Waals surface area (Å²) in [7, 11) is -0.490. The van der Waals surface area contributed by atoms with Crippen LogP contribution in [0.3, 0.4) is 0 Å². The molecule has 4 aromatic rings. The van der Waals surface area contributed by atoms with Gasteiger partial charge < -0.3 is 9.31 Å². The van der Waals surface area contributed by atoms with E-state index in [0.717, 1.165) is 21.3 Å². The van der Waals surface area contributed by atoms with E-state index in [0.29, 0.717) is 0 Å². The van der Waals surface area contributed by atoms with Crippen molar-refractivity contribution in [2.24, 2.45) is 0 Å². The largest absolute Gasteiger partial charge is 0.497 e. The third-order valence-corrected chi connectivity index (χ3v) is 7.60. The number of fused-ring (bicyclic) bond motifs is 5. The zero-order valence-electron chi connectivity index (χ0n) is 15.8. The lowest BCUT2D eigenvalue weighted by molar-refractivity contribution is 0.00578. The molecule has 0 saturated carbocycles. The first-order valence-electron chi connectivity index (χ1n) is 9.17. The first-order valence-corrected chi connectivity index (χ1v) is 10.4. The van der Waals surface area contributed by atoms with Crippen molar-refractivity contribution in [3.05, 3.63) is 53.6 Å². The molecule has 2 nitrogen and oxygen atoms in total. The van der Waals surface area contributed by atoms with Gasteiger partial charge in [0, 0.05) is 25.6 Å². The van der Waals surface area contributed by atoms with Crippen LogP contribution in [-0.2, 0) is 9.31 Å². The van der Waals surface area contributed by atoms with Crippen molar-refractivity contribution in [3.8, 4) is 0 Å². The van der Waals surface area contributed by atoms with E-state index in [2.05, 4.69) is 70.2 Å². The predicted molar refractivity (Wildman–Crippen MR) is 118 cm³/mol. The van der Waals surface area contributed by atoms with E-state index in [1.807, 2.05) is 6.07 Å². The van der Waals surface area contributed by atoms with Crippen molar-refractivity contribution in [1.29, 1.82) is 0 Å². The molecule has 1 aliphatic rings. The summed E-state index contributed by atoms with van der Waals surface area (Å²) >= 11 is 8.84. The maximum absolute atomic E-state index is 7.05. The van der Waals surface area contributed by atoms with E-state index < -0.39 is 18.3 Å². The maximum Gasteiger partial charge on any atom is 0.497 e. The van der Waals surface area contributed by atoms with Gasteiger partial charge in [-0.3, -0.25) is 0 Å². The van der Waals surface area contributed by atoms with Gasteiger partial charge in [-0.15, -0.1) is 11.3 Å². The van der Waals surface area contributed by atoms with E-state index >= 15 is 0 Å². The van der Waals surface area contributed by atoms with Crippen molar-refractivity contribution < 1.29 is 9.31 Å². The minimum absolute atomic E-state index is 0.409. The third-order valence-electron chi connectivity index (χ3n) is 6.00. The minimum Gasteiger partial charge on any atom is -0.399 e. The van der Waals surface area contributed by atoms with Gasteiger partial charge in [0.2, 0.25) is 0 Å². The van der Waals surface area contributed by atoms with Crippen LogP contribution in [0.25, 0.3) is 30.9 Å². The SMILES string of the molecule is CC1(C)OB(c2c(Cl)c3c4ccccc4sc3c3ccccc23)OC1(C)C. The summed E-state index contributed by atoms with van der Waals surface area (Å²) in [4.78, 5) is 0. The lowest BCUT2D eigenvalue weighted by Gasteiger charge is -2.32. The van der Waals surface area contributed by atoms with Gasteiger partial charge in [-0.2, -0.15) is 0 Å². The van der Waals surface area contributed by atoms with Crippen LogP contribution in [0.5, 0.6) is 0 Å². The molecule has 27 heavy (non-hydrogen) atoms. The monoisotopic (exact) mass is 394 g/mol. The van der Waals surface area contributed by atoms with Crippen LogP contribution in [0.15, 0.2) is 48.5 Å². The molecule has 0 radical (unpaired) electrons. The van der Waals surface area contributed by atoms with E-state index in [9.17, 15) is 0 Å². The van der Waals surface area contributed by atoms with Crippen LogP contribution >= 0.6 is 22.9 Å². The Bertz CT molecular complexity index is 1200. The fraction of sp³-hybridized carbons (Fsp3) is 0.273. The molecule has 2 heterocycles. The minimum atomic E-state index is -0.490. The Kier molecular flexibility index (Phi) is 3.70. The van der Waals surface area contributed by atoms with Crippen LogP contribution in [-0.4, -0.2) is 18.3 Å². The second-order valence-corrected chi connectivity index (χ2v) is 9.59. The molecule has 1 aromatic heterocycles. The fourth-order valence-electron chi connectivity index (χ4n) is 3.81. The molecule has 1 aliphatic heterocycles. The molecule has 0 atom stereocenters. The van der Waals surface area contributed by atoms with Crippen molar-refractivity contribution >= 4 is 66.5 Å². The topological polar surface area (TPSA) is 18.5 Å². The second-order valence-electron chi connectivity index (χ2n) is 8.16. The number of thiophene rings is 1. The predicted octanol–water partition coefficient (Wildman–Crippen LogP) is 6.16. The summed E-state index contributed by atoms with van der Waals surface area (Å²) in [5, 5.41) is 5.31. The average molecular weight is 395 g/mol. The van der Waals surface area contributed by atoms with Gasteiger partial charge in [0.05, 0.1) is 16.2 Å². The van der Waals surface area contributed by atoms with Gasteiger partial charge in [-0.1, -0.05) is 54.1 Å². The summed E-state index contributed by atoms with van der Waals surface area (Å²) in [6.45, 7) is 8.28. The highest BCUT2D eigenvalue weighted by Crippen LogP contribution is 2.44. The van der Waals surface area contributed by atoms with Crippen LogP contribution in [0.2, 0.25) is 5.02 Å². The molecule has 0 spiro atoms. The molecule has 0 amide bonds. The summed E-state index contributed by atoms with van der Waals surface area (Å²) in [6, 6.07) is 16.8. The average Bonchev–Trinajstić information content (AvgIpc) is 3.10. The number of hydrogen-bond acceptors (Lipinski definition) is 3. The van der Waals surface area contributed by atoms with E-state index in [-0.39, 0.29) is 0 Å². The van der Waals surface area contributed by atoms with Crippen molar-refractivity contribution in [2.45, 2.75) is 38.9 Å². The van der Waals surface area contributed by atoms with Crippen molar-refractivity contribution in [3.63, 3.8) is 0 Å². The van der Waals surface area contributed by atoms with Gasteiger partial charge in [0.25, 0.3) is 0 Å². The number of halogens is 1. The quantitative estimate of drug-likeness (QED) is 0.360. The first-order chi connectivity index (χ1) is 12.8. The summed E-state index contributed by atoms with van der Waals surface area (Å²) in [5.74, 6) is 0. The molecule has 0 N–H and O–H groups in total. The van der Waals surface area contributed by atoms with Crippen LogP contribution < -0.4 is 5.46 Å². The fourth-order valence-corrected chi connectivity index (χ4v) is 5.51. The van der Waals surface area contributed by atoms with Gasteiger partial charge in [0.1, 0.15) is 0 Å². The first kappa shape index (κ1) is 17.5. The van der Waals surface area contributed by atoms with Gasteiger partial charge in [0.15, 0.2) is 0 Å². The molecule has 5 rings (SSSR count). The Morgan fingerprint density at radius 2 is 1.37 bits per heavy atom. The molecule has 0 unspecified atom stereocenters. The number of rotatable bonds is 1. The Morgan fingerprint density at radius 3 is 2.04 bits per heavy atom. The molecule has 0 bridgehead atoms. The Balaban J connectivity index is 1.89. The summed E-state index contributed by atoms with van der Waals surface area (Å²) in [5.41, 5.74) is 0.114. The van der Waals surface area contributed by atoms with Gasteiger partial charge in [-0.05, 0) is 44.5 Å². The van der Waals surface area contributed by atoms with Crippen LogP contribution in [0.1, 0.15) is 27.7 Å². The van der Waals surface area contributed by atoms with Gasteiger partial charge in [-0.25, -0.2) is 0 Å². The van der Waals surface area contributed by atoms with Crippen molar-refractivity contribution in [2.75, 3.05) is 0 Å². The molecule has 136 valence electrons. The molecular weight excluding hydrogens is 375 g/mol. The summed E-state index contributed by atoms with van der Waals surface area (Å²) in [6.07, 6.45) is 0. The molecular formula is C22H20BClO2S. The van der Waals surface area contributed by atoms with Gasteiger partial charge >= 0.3 is 7.12 Å². The molecule has 5 heteroatoms. The zero-order chi connectivity index (χ0) is 19.0. The lowest BCUT2D eigenvalue weighted by atomic mass is 9.75. The highest BCUT2D eigenvalue weighted by atomic mass is 35.5. The maximum atomic E-state index is 7.05. The Labute approximate surface area is 168 Å². The summed E-state index contributed by atoms with van der Waals surface area (Å²) < 4.78 is 15.2. The molecule has 1 saturated heterocycles. The molecule has 3 aromatic carbocycles. The second kappa shape index (κ2) is 5.71. The smallest absolute Gasteiger partial charge is 0.399 e. The third kappa shape index (κ3) is 2.41. The standard InChI is InChI=1S/C22H20BClO2S/c1-21(2)22(3,4)26-23(25-21)18-13-9-5-6-10-14(13)20-17(19(18)24)15-11-7-8-12-16(15)27-20/h5-12H,1-4H3.